The van der Waals surface area contributed by atoms with Crippen LogP contribution in [0.2, 0.25) is 0 Å². The molecule has 0 aromatic heterocycles. The Morgan fingerprint density at radius 1 is 1.33 bits per heavy atom. The average molecular weight is 216 g/mol. The van der Waals surface area contributed by atoms with Gasteiger partial charge in [0.2, 0.25) is 0 Å². The molecule has 0 bridgehead atoms. The molecule has 0 aliphatic carbocycles. The van der Waals surface area contributed by atoms with E-state index in [1.54, 1.807) is 0 Å². The van der Waals surface area contributed by atoms with Crippen molar-refractivity contribution in [3.63, 3.8) is 0 Å². The maximum Gasteiger partial charge on any atom is 0.0558 e. The average Bonchev–Trinajstić information content (AvgIpc) is 2.01. The van der Waals surface area contributed by atoms with E-state index >= 15 is 0 Å². The van der Waals surface area contributed by atoms with Crippen molar-refractivity contribution in [1.82, 2.24) is 10.2 Å². The van der Waals surface area contributed by atoms with Crippen molar-refractivity contribution in [2.45, 2.75) is 27.7 Å². The largest absolute Gasteiger partial charge is 0.395 e. The topological polar surface area (TPSA) is 35.5 Å². The van der Waals surface area contributed by atoms with Gasteiger partial charge >= 0.3 is 0 Å². The van der Waals surface area contributed by atoms with Crippen LogP contribution in [0.5, 0.6) is 0 Å². The fourth-order valence-corrected chi connectivity index (χ4v) is 1.74. The van der Waals surface area contributed by atoms with Crippen LogP contribution in [0, 0.1) is 11.3 Å². The highest BCUT2D eigenvalue weighted by Gasteiger charge is 2.19. The lowest BCUT2D eigenvalue weighted by Gasteiger charge is -2.30. The van der Waals surface area contributed by atoms with Gasteiger partial charge in [-0.05, 0) is 24.9 Å². The predicted octanol–water partition coefficient (Wildman–Crippen LogP) is 1.18. The van der Waals surface area contributed by atoms with Crippen LogP contribution in [-0.4, -0.2) is 49.8 Å². The Bertz CT molecular complexity index is 158. The van der Waals surface area contributed by atoms with Crippen LogP contribution in [0.4, 0.5) is 0 Å². The normalized spacial score (nSPS) is 12.8. The Balaban J connectivity index is 3.75. The molecule has 0 aliphatic rings. The number of aliphatic hydroxyl groups excluding tert-OH is 1. The number of nitrogens with one attached hydrogen (secondary N) is 1. The van der Waals surface area contributed by atoms with Gasteiger partial charge in [0.15, 0.2) is 0 Å². The lowest BCUT2D eigenvalue weighted by atomic mass is 9.92. The summed E-state index contributed by atoms with van der Waals surface area (Å²) < 4.78 is 0. The van der Waals surface area contributed by atoms with Gasteiger partial charge in [-0.1, -0.05) is 27.7 Å². The van der Waals surface area contributed by atoms with Crippen molar-refractivity contribution in [1.29, 1.82) is 0 Å². The first kappa shape index (κ1) is 14.9. The first-order valence-electron chi connectivity index (χ1n) is 5.87. The van der Waals surface area contributed by atoms with E-state index < -0.39 is 0 Å². The summed E-state index contributed by atoms with van der Waals surface area (Å²) in [4.78, 5) is 2.18. The van der Waals surface area contributed by atoms with Crippen LogP contribution in [0.3, 0.4) is 0 Å². The summed E-state index contributed by atoms with van der Waals surface area (Å²) in [6.07, 6.45) is 0. The fraction of sp³-hybridized carbons (Fsp3) is 1.00. The molecular weight excluding hydrogens is 188 g/mol. The highest BCUT2D eigenvalue weighted by atomic mass is 16.3. The van der Waals surface area contributed by atoms with E-state index in [2.05, 4.69) is 45.0 Å². The van der Waals surface area contributed by atoms with E-state index in [1.807, 2.05) is 0 Å². The lowest BCUT2D eigenvalue weighted by molar-refractivity contribution is 0.166. The molecule has 0 saturated carbocycles. The number of rotatable bonds is 8. The molecule has 0 saturated heterocycles. The third-order valence-corrected chi connectivity index (χ3v) is 2.34. The molecule has 0 rings (SSSR count). The summed E-state index contributed by atoms with van der Waals surface area (Å²) in [7, 11) is 2.06. The second kappa shape index (κ2) is 7.20. The second-order valence-electron chi connectivity index (χ2n) is 5.65. The molecule has 0 aromatic rings. The van der Waals surface area contributed by atoms with Gasteiger partial charge in [0.25, 0.3) is 0 Å². The standard InChI is InChI=1S/C12H28N2O/c1-11(2)8-13-9-12(3,4)10-14(5)6-7-15/h11,13,15H,6-10H2,1-5H3. The minimum Gasteiger partial charge on any atom is -0.395 e. The van der Waals surface area contributed by atoms with E-state index in [-0.39, 0.29) is 12.0 Å². The summed E-state index contributed by atoms with van der Waals surface area (Å²) in [5.41, 5.74) is 0.263. The van der Waals surface area contributed by atoms with Crippen molar-refractivity contribution < 1.29 is 5.11 Å². The number of hydrogen-bond acceptors (Lipinski definition) is 3. The molecule has 3 nitrogen and oxygen atoms in total. The molecule has 3 heteroatoms. The van der Waals surface area contributed by atoms with Crippen LogP contribution in [0.25, 0.3) is 0 Å². The summed E-state index contributed by atoms with van der Waals surface area (Å²) in [6.45, 7) is 13.1. The number of nitrogens with zero attached hydrogens (tertiary/aromatic N) is 1. The van der Waals surface area contributed by atoms with Crippen molar-refractivity contribution in [2.24, 2.45) is 11.3 Å². The van der Waals surface area contributed by atoms with Crippen molar-refractivity contribution in [3.8, 4) is 0 Å². The molecule has 0 fully saturated rings. The van der Waals surface area contributed by atoms with Crippen LogP contribution in [0.1, 0.15) is 27.7 Å². The zero-order chi connectivity index (χ0) is 11.9. The van der Waals surface area contributed by atoms with Gasteiger partial charge < -0.3 is 15.3 Å². The van der Waals surface area contributed by atoms with Crippen LogP contribution >= 0.6 is 0 Å². The molecule has 0 radical (unpaired) electrons. The van der Waals surface area contributed by atoms with Crippen LogP contribution in [0.15, 0.2) is 0 Å². The molecule has 15 heavy (non-hydrogen) atoms. The molecular formula is C12H28N2O. The Morgan fingerprint density at radius 3 is 2.40 bits per heavy atom. The highest BCUT2D eigenvalue weighted by molar-refractivity contribution is 4.75. The molecule has 0 atom stereocenters. The summed E-state index contributed by atoms with van der Waals surface area (Å²) in [5.74, 6) is 0.705. The van der Waals surface area contributed by atoms with Gasteiger partial charge in [-0.2, -0.15) is 0 Å². The lowest BCUT2D eigenvalue weighted by Crippen LogP contribution is -2.40. The Morgan fingerprint density at radius 2 is 1.93 bits per heavy atom. The zero-order valence-corrected chi connectivity index (χ0v) is 11.0. The first-order valence-corrected chi connectivity index (χ1v) is 5.87. The number of aliphatic hydroxyl groups is 1. The minimum absolute atomic E-state index is 0.242. The first-order chi connectivity index (χ1) is 6.87. The highest BCUT2D eigenvalue weighted by Crippen LogP contribution is 2.14. The van der Waals surface area contributed by atoms with Gasteiger partial charge in [0.1, 0.15) is 0 Å². The molecule has 0 aromatic carbocycles. The van der Waals surface area contributed by atoms with Crippen LogP contribution in [-0.2, 0) is 0 Å². The molecule has 2 N–H and O–H groups in total. The minimum atomic E-state index is 0.242. The SMILES string of the molecule is CC(C)CNCC(C)(C)CN(C)CCO. The molecule has 0 aliphatic heterocycles. The van der Waals surface area contributed by atoms with Gasteiger partial charge in [0.05, 0.1) is 6.61 Å². The van der Waals surface area contributed by atoms with E-state index in [4.69, 9.17) is 5.11 Å². The van der Waals surface area contributed by atoms with E-state index in [0.29, 0.717) is 5.92 Å². The summed E-state index contributed by atoms with van der Waals surface area (Å²) in [5, 5.41) is 12.3. The van der Waals surface area contributed by atoms with E-state index in [9.17, 15) is 0 Å². The summed E-state index contributed by atoms with van der Waals surface area (Å²) in [6, 6.07) is 0. The molecule has 0 heterocycles. The maximum atomic E-state index is 8.83. The maximum absolute atomic E-state index is 8.83. The van der Waals surface area contributed by atoms with Crippen molar-refractivity contribution in [2.75, 3.05) is 39.8 Å². The van der Waals surface area contributed by atoms with E-state index in [1.165, 1.54) is 0 Å². The van der Waals surface area contributed by atoms with Crippen molar-refractivity contribution >= 4 is 0 Å². The zero-order valence-electron chi connectivity index (χ0n) is 11.0. The van der Waals surface area contributed by atoms with Gasteiger partial charge in [-0.15, -0.1) is 0 Å². The van der Waals surface area contributed by atoms with E-state index in [0.717, 1.165) is 26.2 Å². The molecule has 92 valence electrons. The van der Waals surface area contributed by atoms with Crippen LogP contribution < -0.4 is 5.32 Å². The predicted molar refractivity (Wildman–Crippen MR) is 66.1 cm³/mol. The second-order valence-corrected chi connectivity index (χ2v) is 5.65. The third-order valence-electron chi connectivity index (χ3n) is 2.34. The monoisotopic (exact) mass is 216 g/mol. The summed E-state index contributed by atoms with van der Waals surface area (Å²) >= 11 is 0. The fourth-order valence-electron chi connectivity index (χ4n) is 1.74. The molecule has 0 amide bonds. The smallest absolute Gasteiger partial charge is 0.0558 e. The number of likely N-dealkylation sites (N-methyl/N-ethyl adjacent to an activating group) is 1. The quantitative estimate of drug-likeness (QED) is 0.639. The third kappa shape index (κ3) is 8.85. The molecule has 0 unspecified atom stereocenters. The van der Waals surface area contributed by atoms with Gasteiger partial charge in [-0.3, -0.25) is 0 Å². The Kier molecular flexibility index (Phi) is 7.14. The van der Waals surface area contributed by atoms with Gasteiger partial charge in [-0.25, -0.2) is 0 Å². The molecule has 0 spiro atoms. The number of hydrogen-bond donors (Lipinski definition) is 2. The Hall–Kier alpha value is -0.120. The van der Waals surface area contributed by atoms with Gasteiger partial charge in [0, 0.05) is 19.6 Å². The van der Waals surface area contributed by atoms with Crippen molar-refractivity contribution in [3.05, 3.63) is 0 Å². The Labute approximate surface area is 94.9 Å².